The standard InChI is InChI=1S/C11H10BrNO/c12-6-2-1-3-10-7-9(8-13)4-5-11(10)14/h1,3-5,7,14H,2,6H2. The van der Waals surface area contributed by atoms with Crippen LogP contribution < -0.4 is 0 Å². The highest BCUT2D eigenvalue weighted by molar-refractivity contribution is 9.09. The van der Waals surface area contributed by atoms with Crippen molar-refractivity contribution in [3.8, 4) is 11.8 Å². The second-order valence-corrected chi connectivity index (χ2v) is 3.56. The summed E-state index contributed by atoms with van der Waals surface area (Å²) in [5.41, 5.74) is 1.24. The van der Waals surface area contributed by atoms with Gasteiger partial charge >= 0.3 is 0 Å². The van der Waals surface area contributed by atoms with E-state index in [9.17, 15) is 5.11 Å². The summed E-state index contributed by atoms with van der Waals surface area (Å²) in [6, 6.07) is 6.83. The highest BCUT2D eigenvalue weighted by Crippen LogP contribution is 2.19. The number of nitriles is 1. The first-order valence-corrected chi connectivity index (χ1v) is 5.35. The van der Waals surface area contributed by atoms with Crippen molar-refractivity contribution >= 4 is 22.0 Å². The van der Waals surface area contributed by atoms with E-state index in [4.69, 9.17) is 5.26 Å². The van der Waals surface area contributed by atoms with Crippen LogP contribution >= 0.6 is 15.9 Å². The van der Waals surface area contributed by atoms with Gasteiger partial charge in [0.15, 0.2) is 0 Å². The molecule has 0 saturated carbocycles. The van der Waals surface area contributed by atoms with Gasteiger partial charge in [0.05, 0.1) is 11.6 Å². The van der Waals surface area contributed by atoms with Crippen molar-refractivity contribution in [1.82, 2.24) is 0 Å². The summed E-state index contributed by atoms with van der Waals surface area (Å²) in [6.07, 6.45) is 4.67. The molecule has 0 spiro atoms. The second kappa shape index (κ2) is 5.46. The Balaban J connectivity index is 2.90. The number of aromatic hydroxyl groups is 1. The molecule has 14 heavy (non-hydrogen) atoms. The molecule has 0 aliphatic rings. The van der Waals surface area contributed by atoms with Gasteiger partial charge in [-0.25, -0.2) is 0 Å². The third-order valence-electron chi connectivity index (χ3n) is 1.73. The molecule has 1 aromatic carbocycles. The van der Waals surface area contributed by atoms with Crippen LogP contribution in [0.5, 0.6) is 5.75 Å². The van der Waals surface area contributed by atoms with Crippen LogP contribution in [-0.2, 0) is 0 Å². The van der Waals surface area contributed by atoms with Gasteiger partial charge in [-0.1, -0.05) is 28.1 Å². The van der Waals surface area contributed by atoms with Crippen LogP contribution in [0.25, 0.3) is 6.08 Å². The summed E-state index contributed by atoms with van der Waals surface area (Å²) >= 11 is 3.30. The molecule has 0 saturated heterocycles. The molecule has 0 amide bonds. The quantitative estimate of drug-likeness (QED) is 0.840. The highest BCUT2D eigenvalue weighted by atomic mass is 79.9. The summed E-state index contributed by atoms with van der Waals surface area (Å²) in [5.74, 6) is 0.204. The second-order valence-electron chi connectivity index (χ2n) is 2.77. The Hall–Kier alpha value is -1.27. The number of hydrogen-bond acceptors (Lipinski definition) is 2. The fraction of sp³-hybridized carbons (Fsp3) is 0.182. The van der Waals surface area contributed by atoms with Gasteiger partial charge in [-0.15, -0.1) is 0 Å². The molecule has 1 aromatic rings. The molecule has 3 heteroatoms. The number of allylic oxidation sites excluding steroid dienone is 1. The molecule has 0 atom stereocenters. The lowest BCUT2D eigenvalue weighted by atomic mass is 10.1. The zero-order valence-corrected chi connectivity index (χ0v) is 9.16. The number of phenolic OH excluding ortho intramolecular Hbond substituents is 1. The molecule has 1 N–H and O–H groups in total. The zero-order chi connectivity index (χ0) is 10.4. The monoisotopic (exact) mass is 251 g/mol. The van der Waals surface area contributed by atoms with E-state index >= 15 is 0 Å². The summed E-state index contributed by atoms with van der Waals surface area (Å²) in [6.45, 7) is 0. The van der Waals surface area contributed by atoms with E-state index in [1.165, 1.54) is 6.07 Å². The fourth-order valence-electron chi connectivity index (χ4n) is 1.03. The number of rotatable bonds is 3. The van der Waals surface area contributed by atoms with Crippen molar-refractivity contribution in [2.75, 3.05) is 5.33 Å². The lowest BCUT2D eigenvalue weighted by molar-refractivity contribution is 0.474. The van der Waals surface area contributed by atoms with Gasteiger partial charge in [0.1, 0.15) is 5.75 Å². The third-order valence-corrected chi connectivity index (χ3v) is 2.19. The number of halogens is 1. The predicted octanol–water partition coefficient (Wildman–Crippen LogP) is 3.06. The van der Waals surface area contributed by atoms with E-state index in [0.29, 0.717) is 11.1 Å². The number of phenols is 1. The van der Waals surface area contributed by atoms with Crippen molar-refractivity contribution in [2.24, 2.45) is 0 Å². The Labute approximate surface area is 91.6 Å². The minimum Gasteiger partial charge on any atom is -0.507 e. The summed E-state index contributed by atoms with van der Waals surface area (Å²) < 4.78 is 0. The Morgan fingerprint density at radius 1 is 1.50 bits per heavy atom. The van der Waals surface area contributed by atoms with Gasteiger partial charge in [-0.2, -0.15) is 5.26 Å². The van der Waals surface area contributed by atoms with Crippen LogP contribution in [0.1, 0.15) is 17.5 Å². The Kier molecular flexibility index (Phi) is 4.21. The van der Waals surface area contributed by atoms with Gasteiger partial charge in [0, 0.05) is 10.9 Å². The molecular formula is C11H10BrNO. The minimum atomic E-state index is 0.204. The average molecular weight is 252 g/mol. The molecule has 0 radical (unpaired) electrons. The molecule has 0 fully saturated rings. The highest BCUT2D eigenvalue weighted by Gasteiger charge is 1.98. The average Bonchev–Trinajstić information content (AvgIpc) is 2.21. The third kappa shape index (κ3) is 2.90. The van der Waals surface area contributed by atoms with Gasteiger partial charge < -0.3 is 5.11 Å². The van der Waals surface area contributed by atoms with Gasteiger partial charge in [0.2, 0.25) is 0 Å². The molecule has 72 valence electrons. The molecule has 1 rings (SSSR count). The predicted molar refractivity (Wildman–Crippen MR) is 60.3 cm³/mol. The van der Waals surface area contributed by atoms with E-state index in [2.05, 4.69) is 15.9 Å². The fourth-order valence-corrected chi connectivity index (χ4v) is 1.30. The van der Waals surface area contributed by atoms with Gasteiger partial charge in [-0.3, -0.25) is 0 Å². The normalized spacial score (nSPS) is 10.3. The van der Waals surface area contributed by atoms with Crippen molar-refractivity contribution in [3.63, 3.8) is 0 Å². The molecule has 0 bridgehead atoms. The molecule has 0 aromatic heterocycles. The minimum absolute atomic E-state index is 0.204. The van der Waals surface area contributed by atoms with Crippen LogP contribution in [0.15, 0.2) is 24.3 Å². The Morgan fingerprint density at radius 2 is 2.29 bits per heavy atom. The first-order valence-electron chi connectivity index (χ1n) is 4.23. The maximum atomic E-state index is 9.46. The van der Waals surface area contributed by atoms with Crippen LogP contribution in [-0.4, -0.2) is 10.4 Å². The summed E-state index contributed by atoms with van der Waals surface area (Å²) in [4.78, 5) is 0. The van der Waals surface area contributed by atoms with Crippen molar-refractivity contribution in [3.05, 3.63) is 35.4 Å². The Morgan fingerprint density at radius 3 is 2.93 bits per heavy atom. The molecule has 2 nitrogen and oxygen atoms in total. The Bertz CT molecular complexity index is 379. The van der Waals surface area contributed by atoms with E-state index in [1.807, 2.05) is 18.2 Å². The number of hydrogen-bond donors (Lipinski definition) is 1. The summed E-state index contributed by atoms with van der Waals surface area (Å²) in [7, 11) is 0. The SMILES string of the molecule is N#Cc1ccc(O)c(C=CCCBr)c1. The number of alkyl halides is 1. The van der Waals surface area contributed by atoms with E-state index in [-0.39, 0.29) is 5.75 Å². The number of nitrogens with zero attached hydrogens (tertiary/aromatic N) is 1. The van der Waals surface area contributed by atoms with Gasteiger partial charge in [0.25, 0.3) is 0 Å². The lowest BCUT2D eigenvalue weighted by Gasteiger charge is -1.98. The van der Waals surface area contributed by atoms with Crippen molar-refractivity contribution in [2.45, 2.75) is 6.42 Å². The molecule has 0 aliphatic heterocycles. The topological polar surface area (TPSA) is 44.0 Å². The molecule has 0 heterocycles. The van der Waals surface area contributed by atoms with Crippen LogP contribution in [0, 0.1) is 11.3 Å². The van der Waals surface area contributed by atoms with E-state index in [1.54, 1.807) is 12.1 Å². The zero-order valence-electron chi connectivity index (χ0n) is 7.57. The summed E-state index contributed by atoms with van der Waals surface area (Å²) in [5, 5.41) is 19.0. The van der Waals surface area contributed by atoms with Crippen LogP contribution in [0.3, 0.4) is 0 Å². The first-order chi connectivity index (χ1) is 6.77. The van der Waals surface area contributed by atoms with Crippen molar-refractivity contribution < 1.29 is 5.11 Å². The maximum absolute atomic E-state index is 9.46. The van der Waals surface area contributed by atoms with Crippen LogP contribution in [0.4, 0.5) is 0 Å². The van der Waals surface area contributed by atoms with Crippen LogP contribution in [0.2, 0.25) is 0 Å². The van der Waals surface area contributed by atoms with E-state index in [0.717, 1.165) is 11.8 Å². The lowest BCUT2D eigenvalue weighted by Crippen LogP contribution is -1.79. The smallest absolute Gasteiger partial charge is 0.122 e. The molecule has 0 aliphatic carbocycles. The maximum Gasteiger partial charge on any atom is 0.122 e. The molecular weight excluding hydrogens is 242 g/mol. The van der Waals surface area contributed by atoms with Gasteiger partial charge in [-0.05, 0) is 24.6 Å². The first kappa shape index (κ1) is 10.8. The van der Waals surface area contributed by atoms with E-state index < -0.39 is 0 Å². The largest absolute Gasteiger partial charge is 0.507 e. The molecule has 0 unspecified atom stereocenters. The number of benzene rings is 1. The van der Waals surface area contributed by atoms with Crippen molar-refractivity contribution in [1.29, 1.82) is 5.26 Å².